The number of benzene rings is 1. The van der Waals surface area contributed by atoms with Crippen molar-refractivity contribution in [1.29, 1.82) is 0 Å². The minimum absolute atomic E-state index is 0.0352. The van der Waals surface area contributed by atoms with E-state index in [0.717, 1.165) is 0 Å². The van der Waals surface area contributed by atoms with Crippen molar-refractivity contribution in [1.82, 2.24) is 20.1 Å². The van der Waals surface area contributed by atoms with Crippen molar-refractivity contribution in [2.75, 3.05) is 51.3 Å². The highest BCUT2D eigenvalue weighted by molar-refractivity contribution is 6.35. The fraction of sp³-hybridized carbons (Fsp3) is 0.435. The van der Waals surface area contributed by atoms with E-state index in [9.17, 15) is 14.5 Å². The lowest BCUT2D eigenvalue weighted by Gasteiger charge is -2.40. The van der Waals surface area contributed by atoms with Gasteiger partial charge in [0.2, 0.25) is 5.91 Å². The van der Waals surface area contributed by atoms with Crippen molar-refractivity contribution in [2.45, 2.75) is 19.0 Å². The van der Waals surface area contributed by atoms with E-state index in [0.29, 0.717) is 26.2 Å². The van der Waals surface area contributed by atoms with Crippen LogP contribution < -0.4 is 15.0 Å². The molecule has 2 fully saturated rings. The van der Waals surface area contributed by atoms with Gasteiger partial charge in [-0.3, -0.25) is 9.59 Å². The summed E-state index contributed by atoms with van der Waals surface area (Å²) in [4.78, 5) is 47.6. The van der Waals surface area contributed by atoms with Crippen LogP contribution in [0.5, 0.6) is 5.75 Å². The molecule has 2 saturated heterocycles. The first-order valence-corrected chi connectivity index (χ1v) is 11.7. The van der Waals surface area contributed by atoms with Crippen LogP contribution in [0.4, 0.5) is 15.9 Å². The van der Waals surface area contributed by atoms with Gasteiger partial charge in [0.25, 0.3) is 5.91 Å². The van der Waals surface area contributed by atoms with Crippen molar-refractivity contribution in [3.05, 3.63) is 39.5 Å². The molecule has 1 unspecified atom stereocenters. The number of ether oxygens (including phenoxy) is 1. The van der Waals surface area contributed by atoms with Crippen LogP contribution in [-0.2, 0) is 4.79 Å². The van der Waals surface area contributed by atoms with Gasteiger partial charge in [0.1, 0.15) is 40.2 Å². The van der Waals surface area contributed by atoms with Gasteiger partial charge in [-0.25, -0.2) is 9.37 Å². The molecule has 10 nitrogen and oxygen atoms in total. The molecule has 1 N–H and O–H groups in total. The largest absolute Gasteiger partial charge is 0.489 e. The molecule has 2 aromatic rings. The lowest BCUT2D eigenvalue weighted by molar-refractivity contribution is -0.130. The van der Waals surface area contributed by atoms with E-state index in [1.165, 1.54) is 18.2 Å². The zero-order valence-electron chi connectivity index (χ0n) is 19.3. The summed E-state index contributed by atoms with van der Waals surface area (Å²) in [5, 5.41) is 6.10. The van der Waals surface area contributed by atoms with Gasteiger partial charge >= 0.3 is 0 Å². The van der Waals surface area contributed by atoms with Crippen molar-refractivity contribution in [2.24, 2.45) is 5.18 Å². The molecular formula is C23H24ClFN6O4. The molecule has 4 heterocycles. The second-order valence-corrected chi connectivity index (χ2v) is 9.32. The summed E-state index contributed by atoms with van der Waals surface area (Å²) in [5.41, 5.74) is -0.319. The van der Waals surface area contributed by atoms with Crippen LogP contribution in [0, 0.1) is 10.7 Å². The fourth-order valence-corrected chi connectivity index (χ4v) is 5.14. The Balaban J connectivity index is 1.77. The number of nitroso groups, excluding NO2 is 1. The number of carbonyl (C=O) groups excluding carboxylic acids is 2. The molecule has 12 heteroatoms. The van der Waals surface area contributed by atoms with E-state index in [4.69, 9.17) is 16.3 Å². The Kier molecular flexibility index (Phi) is 6.06. The number of halogens is 2. The molecule has 184 valence electrons. The average molecular weight is 503 g/mol. The van der Waals surface area contributed by atoms with Gasteiger partial charge < -0.3 is 24.8 Å². The predicted octanol–water partition coefficient (Wildman–Crippen LogP) is 2.41. The Morgan fingerprint density at radius 2 is 2.06 bits per heavy atom. The van der Waals surface area contributed by atoms with Crippen LogP contribution in [0.1, 0.15) is 17.3 Å². The van der Waals surface area contributed by atoms with E-state index in [2.05, 4.69) is 15.5 Å². The normalized spacial score (nSPS) is 22.3. The van der Waals surface area contributed by atoms with Crippen molar-refractivity contribution < 1.29 is 18.7 Å². The number of amides is 2. The maximum Gasteiger partial charge on any atom is 0.261 e. The van der Waals surface area contributed by atoms with Gasteiger partial charge in [0, 0.05) is 39.3 Å². The summed E-state index contributed by atoms with van der Waals surface area (Å²) < 4.78 is 21.1. The zero-order valence-corrected chi connectivity index (χ0v) is 20.0. The number of hydrogen-bond acceptors (Lipinski definition) is 8. The van der Waals surface area contributed by atoms with Crippen molar-refractivity contribution in [3.8, 4) is 17.0 Å². The first-order valence-electron chi connectivity index (χ1n) is 11.3. The molecule has 0 saturated carbocycles. The highest BCUT2D eigenvalue weighted by Crippen LogP contribution is 2.46. The van der Waals surface area contributed by atoms with Crippen LogP contribution in [0.2, 0.25) is 5.02 Å². The van der Waals surface area contributed by atoms with Gasteiger partial charge in [0.05, 0.1) is 18.2 Å². The predicted molar refractivity (Wildman–Crippen MR) is 128 cm³/mol. The van der Waals surface area contributed by atoms with E-state index in [-0.39, 0.29) is 76.1 Å². The molecule has 2 amide bonds. The quantitative estimate of drug-likeness (QED) is 0.642. The van der Waals surface area contributed by atoms with Gasteiger partial charge in [-0.1, -0.05) is 17.7 Å². The standard InChI is InChI=1S/C23H24ClFN6O4/c1-12-9-29(2)16(32)10-31(12)22-18-21(35-11-13-8-26-6-7-30(13)23(18)33)19(24)20(27-22)17-14(25)4-3-5-15(17)28-34/h3-5,12-13,26H,6-11H2,1-2H3/t12?,13-/m1/s1. The highest BCUT2D eigenvalue weighted by atomic mass is 35.5. The number of hydrogen-bond donors (Lipinski definition) is 1. The third-order valence-electron chi connectivity index (χ3n) is 6.72. The van der Waals surface area contributed by atoms with Gasteiger partial charge in [0.15, 0.2) is 5.75 Å². The summed E-state index contributed by atoms with van der Waals surface area (Å²) in [6.07, 6.45) is 0. The third-order valence-corrected chi connectivity index (χ3v) is 7.07. The van der Waals surface area contributed by atoms with Crippen LogP contribution in [0.25, 0.3) is 11.3 Å². The number of carbonyl (C=O) groups is 2. The molecule has 5 rings (SSSR count). The van der Waals surface area contributed by atoms with Gasteiger partial charge in [-0.05, 0) is 24.2 Å². The zero-order chi connectivity index (χ0) is 24.9. The fourth-order valence-electron chi connectivity index (χ4n) is 4.86. The number of nitrogens with one attached hydrogen (secondary N) is 1. The Bertz CT molecular complexity index is 1230. The number of aromatic nitrogens is 1. The maximum absolute atomic E-state index is 15.0. The summed E-state index contributed by atoms with van der Waals surface area (Å²) in [6.45, 7) is 4.08. The number of likely N-dealkylation sites (N-methyl/N-ethyl adjacent to an activating group) is 1. The number of anilines is 1. The highest BCUT2D eigenvalue weighted by Gasteiger charge is 2.41. The molecule has 0 aliphatic carbocycles. The van der Waals surface area contributed by atoms with E-state index in [1.807, 2.05) is 6.92 Å². The maximum atomic E-state index is 15.0. The van der Waals surface area contributed by atoms with Crippen LogP contribution in [0.15, 0.2) is 23.4 Å². The summed E-state index contributed by atoms with van der Waals surface area (Å²) >= 11 is 6.72. The van der Waals surface area contributed by atoms with Crippen molar-refractivity contribution in [3.63, 3.8) is 0 Å². The van der Waals surface area contributed by atoms with Crippen LogP contribution in [0.3, 0.4) is 0 Å². The first-order chi connectivity index (χ1) is 16.8. The molecule has 3 aliphatic heterocycles. The molecule has 0 radical (unpaired) electrons. The Morgan fingerprint density at radius 1 is 1.26 bits per heavy atom. The molecule has 1 aromatic heterocycles. The Morgan fingerprint density at radius 3 is 2.83 bits per heavy atom. The van der Waals surface area contributed by atoms with E-state index in [1.54, 1.807) is 21.7 Å². The monoisotopic (exact) mass is 502 g/mol. The average Bonchev–Trinajstić information content (AvgIpc) is 2.99. The summed E-state index contributed by atoms with van der Waals surface area (Å²) in [6, 6.07) is 3.45. The summed E-state index contributed by atoms with van der Waals surface area (Å²) in [7, 11) is 1.71. The minimum atomic E-state index is -0.744. The third kappa shape index (κ3) is 3.88. The minimum Gasteiger partial charge on any atom is -0.489 e. The number of piperazine rings is 2. The molecule has 0 bridgehead atoms. The number of fused-ring (bicyclic) bond motifs is 2. The second-order valence-electron chi connectivity index (χ2n) is 8.95. The molecule has 2 atom stereocenters. The molecule has 3 aliphatic rings. The van der Waals surface area contributed by atoms with Gasteiger partial charge in [-0.2, -0.15) is 0 Å². The molecule has 0 spiro atoms. The molecular weight excluding hydrogens is 479 g/mol. The Hall–Kier alpha value is -3.31. The number of nitrogens with zero attached hydrogens (tertiary/aromatic N) is 5. The smallest absolute Gasteiger partial charge is 0.261 e. The number of pyridine rings is 1. The Labute approximate surface area is 205 Å². The first kappa shape index (κ1) is 23.4. The second kappa shape index (κ2) is 9.04. The topological polar surface area (TPSA) is 107 Å². The van der Waals surface area contributed by atoms with E-state index >= 15 is 4.39 Å². The van der Waals surface area contributed by atoms with Gasteiger partial charge in [-0.15, -0.1) is 4.91 Å². The van der Waals surface area contributed by atoms with Crippen LogP contribution in [-0.4, -0.2) is 85.1 Å². The van der Waals surface area contributed by atoms with Crippen LogP contribution >= 0.6 is 11.6 Å². The lowest BCUT2D eigenvalue weighted by atomic mass is 10.0. The molecule has 1 aromatic carbocycles. The SMILES string of the molecule is CC1CN(C)C(=O)CN1c1nc(-c2c(F)cccc2N=O)c(Cl)c2c1C(=O)N1CCNC[C@@H]1CO2. The molecule has 35 heavy (non-hydrogen) atoms. The summed E-state index contributed by atoms with van der Waals surface area (Å²) in [5.74, 6) is -0.993. The lowest BCUT2D eigenvalue weighted by Crippen LogP contribution is -2.56. The number of rotatable bonds is 3. The van der Waals surface area contributed by atoms with E-state index < -0.39 is 5.82 Å². The van der Waals surface area contributed by atoms with Crippen molar-refractivity contribution >= 4 is 34.9 Å².